The molecule has 1 saturated heterocycles. The molecule has 3 aromatic rings. The van der Waals surface area contributed by atoms with Gasteiger partial charge in [0, 0.05) is 43.9 Å². The first-order valence-electron chi connectivity index (χ1n) is 11.2. The molecule has 9 heteroatoms. The first-order valence-corrected chi connectivity index (χ1v) is 12.0. The molecule has 0 spiro atoms. The summed E-state index contributed by atoms with van der Waals surface area (Å²) < 4.78 is 0. The van der Waals surface area contributed by atoms with E-state index < -0.39 is 0 Å². The topological polar surface area (TPSA) is 107 Å². The SMILES string of the molecule is CC(C)Nc1ncc(-c2cc(-c3ccccc3C#N)nc(NCCCN3CCCC3=O)n2)s1. The van der Waals surface area contributed by atoms with Gasteiger partial charge in [-0.1, -0.05) is 29.5 Å². The number of carbonyl (C=O) groups is 1. The van der Waals surface area contributed by atoms with Crippen LogP contribution in [0.3, 0.4) is 0 Å². The van der Waals surface area contributed by atoms with Crippen LogP contribution >= 0.6 is 11.3 Å². The van der Waals surface area contributed by atoms with E-state index in [2.05, 4.69) is 35.5 Å². The second kappa shape index (κ2) is 10.4. The van der Waals surface area contributed by atoms with E-state index in [1.807, 2.05) is 29.2 Å². The number of thiazole rings is 1. The quantitative estimate of drug-likeness (QED) is 0.455. The van der Waals surface area contributed by atoms with E-state index in [0.717, 1.165) is 47.2 Å². The summed E-state index contributed by atoms with van der Waals surface area (Å²) in [5.41, 5.74) is 2.76. The second-order valence-corrected chi connectivity index (χ2v) is 9.24. The van der Waals surface area contributed by atoms with Crippen molar-refractivity contribution in [3.63, 3.8) is 0 Å². The average Bonchev–Trinajstić information content (AvgIpc) is 3.45. The van der Waals surface area contributed by atoms with Crippen molar-refractivity contribution in [1.29, 1.82) is 5.26 Å². The third-order valence-corrected chi connectivity index (χ3v) is 6.23. The fourth-order valence-electron chi connectivity index (χ4n) is 3.71. The monoisotopic (exact) mass is 461 g/mol. The maximum Gasteiger partial charge on any atom is 0.223 e. The van der Waals surface area contributed by atoms with Gasteiger partial charge in [-0.2, -0.15) is 5.26 Å². The van der Waals surface area contributed by atoms with Crippen LogP contribution in [0.4, 0.5) is 11.1 Å². The van der Waals surface area contributed by atoms with Crippen molar-refractivity contribution in [1.82, 2.24) is 19.9 Å². The van der Waals surface area contributed by atoms with E-state index in [4.69, 9.17) is 9.97 Å². The summed E-state index contributed by atoms with van der Waals surface area (Å²) in [6.45, 7) is 6.36. The van der Waals surface area contributed by atoms with Crippen molar-refractivity contribution < 1.29 is 4.79 Å². The van der Waals surface area contributed by atoms with Gasteiger partial charge >= 0.3 is 0 Å². The van der Waals surface area contributed by atoms with Crippen molar-refractivity contribution in [3.05, 3.63) is 42.1 Å². The molecule has 0 saturated carbocycles. The Bertz CT molecular complexity index is 1170. The highest BCUT2D eigenvalue weighted by Gasteiger charge is 2.19. The molecule has 2 N–H and O–H groups in total. The minimum Gasteiger partial charge on any atom is -0.359 e. The Balaban J connectivity index is 1.58. The van der Waals surface area contributed by atoms with E-state index in [1.165, 1.54) is 11.3 Å². The minimum atomic E-state index is 0.236. The Kier molecular flexibility index (Phi) is 7.15. The van der Waals surface area contributed by atoms with Crippen LogP contribution < -0.4 is 10.6 Å². The van der Waals surface area contributed by atoms with Crippen LogP contribution in [0, 0.1) is 11.3 Å². The lowest BCUT2D eigenvalue weighted by Gasteiger charge is -2.15. The van der Waals surface area contributed by atoms with Crippen LogP contribution in [0.2, 0.25) is 0 Å². The van der Waals surface area contributed by atoms with Crippen LogP contribution in [-0.2, 0) is 4.79 Å². The summed E-state index contributed by atoms with van der Waals surface area (Å²) >= 11 is 1.53. The van der Waals surface area contributed by atoms with Gasteiger partial charge in [0.1, 0.15) is 0 Å². The number of aromatic nitrogens is 3. The Morgan fingerprint density at radius 1 is 1.24 bits per heavy atom. The molecule has 0 bridgehead atoms. The van der Waals surface area contributed by atoms with Gasteiger partial charge in [-0.15, -0.1) is 0 Å². The third-order valence-electron chi connectivity index (χ3n) is 5.28. The van der Waals surface area contributed by atoms with Crippen LogP contribution in [0.25, 0.3) is 21.8 Å². The summed E-state index contributed by atoms with van der Waals surface area (Å²) in [6, 6.07) is 11.9. The smallest absolute Gasteiger partial charge is 0.223 e. The number of hydrogen-bond donors (Lipinski definition) is 2. The molecule has 1 aliphatic heterocycles. The summed E-state index contributed by atoms with van der Waals surface area (Å²) in [5.74, 6) is 0.731. The van der Waals surface area contributed by atoms with Gasteiger partial charge in [0.15, 0.2) is 5.13 Å². The summed E-state index contributed by atoms with van der Waals surface area (Å²) in [5, 5.41) is 17.0. The number of benzene rings is 1. The number of amides is 1. The fourth-order valence-corrected chi connectivity index (χ4v) is 4.63. The van der Waals surface area contributed by atoms with Crippen molar-refractivity contribution in [3.8, 4) is 27.9 Å². The largest absolute Gasteiger partial charge is 0.359 e. The lowest BCUT2D eigenvalue weighted by Crippen LogP contribution is -2.27. The highest BCUT2D eigenvalue weighted by atomic mass is 32.1. The average molecular weight is 462 g/mol. The Morgan fingerprint density at radius 2 is 2.06 bits per heavy atom. The van der Waals surface area contributed by atoms with E-state index in [1.54, 1.807) is 12.3 Å². The van der Waals surface area contributed by atoms with Crippen molar-refractivity contribution in [2.45, 2.75) is 39.2 Å². The standard InChI is InChI=1S/C24H27N7OS/c1-16(2)28-24-27-15-21(33-24)20-13-19(18-8-4-3-7-17(18)14-25)29-23(30-20)26-10-6-12-31-11-5-9-22(31)32/h3-4,7-8,13,15-16H,5-6,9-12H2,1-2H3,(H,27,28)(H,26,29,30). The van der Waals surface area contributed by atoms with E-state index in [-0.39, 0.29) is 11.9 Å². The molecule has 3 heterocycles. The zero-order valence-electron chi connectivity index (χ0n) is 18.8. The molecule has 170 valence electrons. The zero-order chi connectivity index (χ0) is 23.2. The first kappa shape index (κ1) is 22.7. The summed E-state index contributed by atoms with van der Waals surface area (Å²) in [7, 11) is 0. The van der Waals surface area contributed by atoms with Crippen LogP contribution in [-0.4, -0.2) is 51.4 Å². The number of nitrogens with zero attached hydrogens (tertiary/aromatic N) is 5. The molecule has 4 rings (SSSR count). The third kappa shape index (κ3) is 5.65. The molecule has 0 atom stereocenters. The number of likely N-dealkylation sites (tertiary alicyclic amines) is 1. The molecule has 1 aliphatic rings. The predicted octanol–water partition coefficient (Wildman–Crippen LogP) is 4.38. The maximum absolute atomic E-state index is 11.8. The molecule has 2 aromatic heterocycles. The second-order valence-electron chi connectivity index (χ2n) is 8.21. The fraction of sp³-hybridized carbons (Fsp3) is 0.375. The first-order chi connectivity index (χ1) is 16.0. The van der Waals surface area contributed by atoms with Crippen LogP contribution in [0.5, 0.6) is 0 Å². The Hall–Kier alpha value is -3.51. The van der Waals surface area contributed by atoms with Gasteiger partial charge in [0.2, 0.25) is 11.9 Å². The van der Waals surface area contributed by atoms with Crippen molar-refractivity contribution in [2.75, 3.05) is 30.3 Å². The number of rotatable bonds is 9. The van der Waals surface area contributed by atoms with Gasteiger partial charge in [0.05, 0.1) is 27.9 Å². The highest BCUT2D eigenvalue weighted by molar-refractivity contribution is 7.18. The highest BCUT2D eigenvalue weighted by Crippen LogP contribution is 2.32. The lowest BCUT2D eigenvalue weighted by molar-refractivity contribution is -0.127. The molecule has 1 amide bonds. The van der Waals surface area contributed by atoms with Crippen LogP contribution in [0.1, 0.15) is 38.7 Å². The Morgan fingerprint density at radius 3 is 2.82 bits per heavy atom. The molecule has 33 heavy (non-hydrogen) atoms. The van der Waals surface area contributed by atoms with Gasteiger partial charge in [-0.25, -0.2) is 15.0 Å². The molecule has 1 fully saturated rings. The molecule has 0 unspecified atom stereocenters. The summed E-state index contributed by atoms with van der Waals surface area (Å²) in [6.07, 6.45) is 4.22. The number of nitriles is 1. The van der Waals surface area contributed by atoms with Crippen molar-refractivity contribution >= 4 is 28.3 Å². The zero-order valence-corrected chi connectivity index (χ0v) is 19.7. The van der Waals surface area contributed by atoms with E-state index >= 15 is 0 Å². The molecular formula is C24H27N7OS. The predicted molar refractivity (Wildman–Crippen MR) is 131 cm³/mol. The lowest BCUT2D eigenvalue weighted by atomic mass is 10.0. The molecule has 8 nitrogen and oxygen atoms in total. The van der Waals surface area contributed by atoms with Gasteiger partial charge in [-0.05, 0) is 38.8 Å². The molecule has 1 aromatic carbocycles. The number of nitrogens with one attached hydrogen (secondary N) is 2. The molecular weight excluding hydrogens is 434 g/mol. The number of carbonyl (C=O) groups excluding carboxylic acids is 1. The number of anilines is 2. The molecule has 0 aliphatic carbocycles. The van der Waals surface area contributed by atoms with E-state index in [0.29, 0.717) is 30.2 Å². The van der Waals surface area contributed by atoms with Crippen molar-refractivity contribution in [2.24, 2.45) is 0 Å². The normalized spacial score (nSPS) is 13.4. The van der Waals surface area contributed by atoms with Gasteiger partial charge in [0.25, 0.3) is 0 Å². The number of hydrogen-bond acceptors (Lipinski definition) is 8. The van der Waals surface area contributed by atoms with Crippen LogP contribution in [0.15, 0.2) is 36.5 Å². The summed E-state index contributed by atoms with van der Waals surface area (Å²) in [4.78, 5) is 28.5. The Labute approximate surface area is 197 Å². The molecule has 0 radical (unpaired) electrons. The van der Waals surface area contributed by atoms with Gasteiger partial charge < -0.3 is 15.5 Å². The minimum absolute atomic E-state index is 0.236. The maximum atomic E-state index is 11.8. The van der Waals surface area contributed by atoms with E-state index in [9.17, 15) is 10.1 Å². The van der Waals surface area contributed by atoms with Gasteiger partial charge in [-0.3, -0.25) is 4.79 Å².